The highest BCUT2D eigenvalue weighted by molar-refractivity contribution is 5.99. The number of carbonyl (C=O) groups is 3. The van der Waals surface area contributed by atoms with Crippen molar-refractivity contribution in [3.63, 3.8) is 0 Å². The van der Waals surface area contributed by atoms with Crippen molar-refractivity contribution in [2.45, 2.75) is 51.1 Å². The number of methoxy groups -OCH3 is 2. The molecule has 0 spiro atoms. The summed E-state index contributed by atoms with van der Waals surface area (Å²) in [5.74, 6) is 0.346. The summed E-state index contributed by atoms with van der Waals surface area (Å²) in [6, 6.07) is 18.8. The first-order valence-corrected chi connectivity index (χ1v) is 15.9. The molecule has 4 bridgehead atoms. The topological polar surface area (TPSA) is 132 Å². The van der Waals surface area contributed by atoms with Crippen LogP contribution in [0.1, 0.15) is 55.1 Å². The van der Waals surface area contributed by atoms with E-state index >= 15 is 0 Å². The van der Waals surface area contributed by atoms with Crippen molar-refractivity contribution in [2.24, 2.45) is 23.7 Å². The number of benzene rings is 3. The van der Waals surface area contributed by atoms with E-state index in [1.165, 1.54) is 13.3 Å². The molecule has 10 nitrogen and oxygen atoms in total. The first-order valence-electron chi connectivity index (χ1n) is 15.9. The molecule has 238 valence electrons. The van der Waals surface area contributed by atoms with Crippen LogP contribution in [-0.2, 0) is 16.1 Å². The second-order valence-electron chi connectivity index (χ2n) is 13.0. The SMILES string of the molecule is COc1cccc(OC)c1-c1cc(C(=O)NC2(C(=O)O)C3CC4CC(C3)CC2C4)nn1-c1ccc(CNC(C)=O)c2ccccc12. The molecule has 4 saturated carbocycles. The molecule has 1 aromatic heterocycles. The van der Waals surface area contributed by atoms with Crippen LogP contribution < -0.4 is 20.1 Å². The van der Waals surface area contributed by atoms with Gasteiger partial charge < -0.3 is 25.2 Å². The molecule has 4 aliphatic carbocycles. The average Bonchev–Trinajstić information content (AvgIpc) is 3.49. The van der Waals surface area contributed by atoms with Crippen LogP contribution in [0.5, 0.6) is 11.5 Å². The van der Waals surface area contributed by atoms with Crippen LogP contribution >= 0.6 is 0 Å². The van der Waals surface area contributed by atoms with E-state index in [-0.39, 0.29) is 23.4 Å². The molecule has 1 heterocycles. The highest BCUT2D eigenvalue weighted by atomic mass is 16.5. The summed E-state index contributed by atoms with van der Waals surface area (Å²) in [5.41, 5.74) is 1.58. The molecule has 8 rings (SSSR count). The minimum Gasteiger partial charge on any atom is -0.496 e. The van der Waals surface area contributed by atoms with E-state index in [1.54, 1.807) is 25.0 Å². The molecular formula is C36H38N4O6. The van der Waals surface area contributed by atoms with E-state index in [0.29, 0.717) is 46.8 Å². The van der Waals surface area contributed by atoms with Gasteiger partial charge >= 0.3 is 5.97 Å². The number of fused-ring (bicyclic) bond motifs is 1. The lowest BCUT2D eigenvalue weighted by atomic mass is 9.48. The number of hydrogen-bond acceptors (Lipinski definition) is 6. The molecular weight excluding hydrogens is 584 g/mol. The molecule has 0 radical (unpaired) electrons. The second kappa shape index (κ2) is 11.5. The molecule has 3 N–H and O–H groups in total. The van der Waals surface area contributed by atoms with Crippen LogP contribution in [0.4, 0.5) is 0 Å². The lowest BCUT2D eigenvalue weighted by Gasteiger charge is -2.59. The van der Waals surface area contributed by atoms with Crippen LogP contribution in [-0.4, -0.2) is 52.4 Å². The van der Waals surface area contributed by atoms with E-state index in [9.17, 15) is 19.5 Å². The number of rotatable bonds is 9. The van der Waals surface area contributed by atoms with Crippen molar-refractivity contribution in [2.75, 3.05) is 14.2 Å². The number of hydrogen-bond donors (Lipinski definition) is 3. The van der Waals surface area contributed by atoms with Gasteiger partial charge in [0, 0.05) is 18.9 Å². The maximum atomic E-state index is 14.2. The van der Waals surface area contributed by atoms with Gasteiger partial charge in [-0.05, 0) is 91.0 Å². The van der Waals surface area contributed by atoms with Gasteiger partial charge in [0.2, 0.25) is 5.91 Å². The summed E-state index contributed by atoms with van der Waals surface area (Å²) in [7, 11) is 3.14. The molecule has 4 aliphatic rings. The second-order valence-corrected chi connectivity index (χ2v) is 13.0. The van der Waals surface area contributed by atoms with Gasteiger partial charge in [0.15, 0.2) is 5.69 Å². The Morgan fingerprint density at radius 1 is 0.891 bits per heavy atom. The fourth-order valence-electron chi connectivity index (χ4n) is 8.65. The fourth-order valence-corrected chi connectivity index (χ4v) is 8.65. The van der Waals surface area contributed by atoms with Crippen LogP contribution in [0.25, 0.3) is 27.7 Å². The summed E-state index contributed by atoms with van der Waals surface area (Å²) in [6.07, 6.45) is 4.48. The fraction of sp³-hybridized carbons (Fsp3) is 0.389. The number of carboxylic acids is 1. The largest absolute Gasteiger partial charge is 0.496 e. The average molecular weight is 623 g/mol. The predicted octanol–water partition coefficient (Wildman–Crippen LogP) is 5.36. The van der Waals surface area contributed by atoms with Crippen LogP contribution in [0.2, 0.25) is 0 Å². The van der Waals surface area contributed by atoms with Crippen molar-refractivity contribution in [3.05, 3.63) is 71.9 Å². The number of nitrogens with zero attached hydrogens (tertiary/aromatic N) is 2. The number of aliphatic carboxylic acids is 1. The Kier molecular flexibility index (Phi) is 7.45. The molecule has 0 saturated heterocycles. The maximum Gasteiger partial charge on any atom is 0.330 e. The summed E-state index contributed by atoms with van der Waals surface area (Å²) < 4.78 is 13.2. The lowest BCUT2D eigenvalue weighted by Crippen LogP contribution is -2.70. The first kappa shape index (κ1) is 29.8. The highest BCUT2D eigenvalue weighted by Gasteiger charge is 2.62. The van der Waals surface area contributed by atoms with Gasteiger partial charge in [-0.15, -0.1) is 0 Å². The Balaban J connectivity index is 1.37. The Hall–Kier alpha value is -4.86. The molecule has 4 fully saturated rings. The van der Waals surface area contributed by atoms with E-state index in [0.717, 1.165) is 42.0 Å². The first-order chi connectivity index (χ1) is 22.2. The van der Waals surface area contributed by atoms with E-state index in [1.807, 2.05) is 54.6 Å². The number of carbonyl (C=O) groups excluding carboxylic acids is 2. The number of nitrogens with one attached hydrogen (secondary N) is 2. The molecule has 4 aromatic rings. The number of carboxylic acid groups (broad SMARTS) is 1. The molecule has 0 unspecified atom stereocenters. The monoisotopic (exact) mass is 622 g/mol. The molecule has 10 heteroatoms. The summed E-state index contributed by atoms with van der Waals surface area (Å²) >= 11 is 0. The van der Waals surface area contributed by atoms with Gasteiger partial charge in [-0.2, -0.15) is 5.10 Å². The molecule has 46 heavy (non-hydrogen) atoms. The van der Waals surface area contributed by atoms with Gasteiger partial charge in [-0.25, -0.2) is 9.48 Å². The standard InChI is InChI=1S/C36H38N4O6/c1-20(41)37-19-23-11-12-29(27-8-5-4-7-26(23)27)40-30(33-31(45-2)9-6-10-32(33)46-3)18-28(39-40)34(42)38-36(35(43)44)24-14-21-13-22(16-24)17-25(36)15-21/h4-12,18,21-22,24-25H,13-17,19H2,1-3H3,(H,37,41)(H,38,42)(H,43,44). The maximum absolute atomic E-state index is 14.2. The van der Waals surface area contributed by atoms with E-state index < -0.39 is 17.4 Å². The van der Waals surface area contributed by atoms with Gasteiger partial charge in [-0.1, -0.05) is 36.4 Å². The third-order valence-electron chi connectivity index (χ3n) is 10.5. The Morgan fingerprint density at radius 3 is 2.11 bits per heavy atom. The normalized spacial score (nSPS) is 24.5. The Morgan fingerprint density at radius 2 is 1.52 bits per heavy atom. The van der Waals surface area contributed by atoms with E-state index in [2.05, 4.69) is 10.6 Å². The summed E-state index contributed by atoms with van der Waals surface area (Å²) in [4.78, 5) is 38.9. The van der Waals surface area contributed by atoms with Crippen molar-refractivity contribution < 1.29 is 29.0 Å². The summed E-state index contributed by atoms with van der Waals surface area (Å²) in [6.45, 7) is 1.84. The number of ether oxygens (including phenoxy) is 2. The van der Waals surface area contributed by atoms with Crippen molar-refractivity contribution in [1.82, 2.24) is 20.4 Å². The predicted molar refractivity (Wildman–Crippen MR) is 172 cm³/mol. The van der Waals surface area contributed by atoms with Crippen LogP contribution in [0, 0.1) is 23.7 Å². The number of amides is 2. The Labute approximate surface area is 267 Å². The third-order valence-corrected chi connectivity index (χ3v) is 10.5. The summed E-state index contributed by atoms with van der Waals surface area (Å²) in [5, 5.41) is 23.2. The zero-order valence-corrected chi connectivity index (χ0v) is 26.2. The number of aromatic nitrogens is 2. The van der Waals surface area contributed by atoms with Crippen molar-refractivity contribution in [1.29, 1.82) is 0 Å². The minimum absolute atomic E-state index is 0.0961. The molecule has 2 amide bonds. The van der Waals surface area contributed by atoms with Crippen LogP contribution in [0.15, 0.2) is 60.7 Å². The van der Waals surface area contributed by atoms with Crippen molar-refractivity contribution in [3.8, 4) is 28.4 Å². The van der Waals surface area contributed by atoms with Gasteiger partial charge in [-0.3, -0.25) is 9.59 Å². The smallest absolute Gasteiger partial charge is 0.330 e. The minimum atomic E-state index is -1.31. The van der Waals surface area contributed by atoms with Crippen molar-refractivity contribution >= 4 is 28.6 Å². The zero-order valence-electron chi connectivity index (χ0n) is 26.2. The highest BCUT2D eigenvalue weighted by Crippen LogP contribution is 2.58. The molecule has 3 aromatic carbocycles. The third kappa shape index (κ3) is 4.78. The zero-order chi connectivity index (χ0) is 32.2. The molecule has 0 aliphatic heterocycles. The van der Waals surface area contributed by atoms with E-state index in [4.69, 9.17) is 14.6 Å². The van der Waals surface area contributed by atoms with Gasteiger partial charge in [0.25, 0.3) is 5.91 Å². The van der Waals surface area contributed by atoms with Gasteiger partial charge in [0.1, 0.15) is 17.0 Å². The quantitative estimate of drug-likeness (QED) is 0.229. The molecule has 0 atom stereocenters. The van der Waals surface area contributed by atoms with Gasteiger partial charge in [0.05, 0.1) is 31.2 Å². The Bertz CT molecular complexity index is 1810. The lowest BCUT2D eigenvalue weighted by molar-refractivity contribution is -0.163. The van der Waals surface area contributed by atoms with Crippen LogP contribution in [0.3, 0.4) is 0 Å².